The molecule has 5 nitrogen and oxygen atoms in total. The molecule has 1 saturated carbocycles. The van der Waals surface area contributed by atoms with Crippen LogP contribution in [0.2, 0.25) is 5.02 Å². The van der Waals surface area contributed by atoms with E-state index in [9.17, 15) is 0 Å². The van der Waals surface area contributed by atoms with Crippen molar-refractivity contribution in [1.29, 1.82) is 0 Å². The van der Waals surface area contributed by atoms with Crippen LogP contribution in [0, 0.1) is 0 Å². The van der Waals surface area contributed by atoms with E-state index in [1.54, 1.807) is 6.07 Å². The van der Waals surface area contributed by atoms with Crippen LogP contribution in [0.4, 0.5) is 5.82 Å². The maximum Gasteiger partial charge on any atom is 0.219 e. The van der Waals surface area contributed by atoms with Gasteiger partial charge in [-0.3, -0.25) is 0 Å². The first-order valence-corrected chi connectivity index (χ1v) is 6.85. The Morgan fingerprint density at radius 1 is 1.30 bits per heavy atom. The van der Waals surface area contributed by atoms with Crippen LogP contribution < -0.4 is 16.0 Å². The van der Waals surface area contributed by atoms with Gasteiger partial charge < -0.3 is 10.2 Å². The van der Waals surface area contributed by atoms with Crippen molar-refractivity contribution in [3.8, 4) is 5.88 Å². The summed E-state index contributed by atoms with van der Waals surface area (Å²) in [5.74, 6) is 7.75. The Kier molecular flexibility index (Phi) is 3.71. The van der Waals surface area contributed by atoms with Gasteiger partial charge in [-0.1, -0.05) is 23.7 Å². The van der Waals surface area contributed by atoms with E-state index in [1.807, 2.05) is 24.3 Å². The minimum Gasteiger partial charge on any atom is -0.473 e. The van der Waals surface area contributed by atoms with Gasteiger partial charge in [0.2, 0.25) is 5.88 Å². The zero-order valence-corrected chi connectivity index (χ0v) is 11.6. The van der Waals surface area contributed by atoms with Crippen molar-refractivity contribution in [2.75, 3.05) is 5.43 Å². The fourth-order valence-corrected chi connectivity index (χ4v) is 2.11. The Hall–Kier alpha value is -1.85. The largest absolute Gasteiger partial charge is 0.473 e. The summed E-state index contributed by atoms with van der Waals surface area (Å²) in [6.45, 7) is 0.408. The number of hydrazine groups is 1. The zero-order chi connectivity index (χ0) is 13.9. The molecule has 0 radical (unpaired) electrons. The van der Waals surface area contributed by atoms with Crippen LogP contribution in [-0.2, 0) is 6.61 Å². The molecule has 0 saturated heterocycles. The van der Waals surface area contributed by atoms with Crippen LogP contribution in [0.15, 0.2) is 30.3 Å². The second-order valence-electron chi connectivity index (χ2n) is 4.79. The highest BCUT2D eigenvalue weighted by atomic mass is 35.5. The lowest BCUT2D eigenvalue weighted by Crippen LogP contribution is -2.11. The SMILES string of the molecule is NNc1cc(OCc2cccc(Cl)c2)nc(C2CC2)n1. The van der Waals surface area contributed by atoms with Gasteiger partial charge in [-0.2, -0.15) is 4.98 Å². The predicted molar refractivity (Wildman–Crippen MR) is 77.6 cm³/mol. The molecule has 2 aromatic rings. The highest BCUT2D eigenvalue weighted by molar-refractivity contribution is 6.30. The number of anilines is 1. The molecule has 20 heavy (non-hydrogen) atoms. The second kappa shape index (κ2) is 5.64. The van der Waals surface area contributed by atoms with E-state index in [-0.39, 0.29) is 0 Å². The van der Waals surface area contributed by atoms with Gasteiger partial charge in [0, 0.05) is 17.0 Å². The van der Waals surface area contributed by atoms with E-state index in [0.29, 0.717) is 29.2 Å². The number of ether oxygens (including phenoxy) is 1. The predicted octanol–water partition coefficient (Wildman–Crippen LogP) is 2.87. The summed E-state index contributed by atoms with van der Waals surface area (Å²) in [5.41, 5.74) is 3.54. The van der Waals surface area contributed by atoms with Gasteiger partial charge in [-0.15, -0.1) is 0 Å². The van der Waals surface area contributed by atoms with Crippen molar-refractivity contribution in [3.63, 3.8) is 0 Å². The van der Waals surface area contributed by atoms with Gasteiger partial charge in [0.1, 0.15) is 18.2 Å². The number of nitrogens with one attached hydrogen (secondary N) is 1. The summed E-state index contributed by atoms with van der Waals surface area (Å²) < 4.78 is 5.70. The summed E-state index contributed by atoms with van der Waals surface area (Å²) in [4.78, 5) is 8.75. The van der Waals surface area contributed by atoms with Gasteiger partial charge in [0.15, 0.2) is 0 Å². The summed E-state index contributed by atoms with van der Waals surface area (Å²) in [6.07, 6.45) is 2.25. The minimum atomic E-state index is 0.408. The Bertz CT molecular complexity index is 616. The lowest BCUT2D eigenvalue weighted by atomic mass is 10.2. The first-order chi connectivity index (χ1) is 9.74. The molecule has 3 rings (SSSR count). The molecule has 0 unspecified atom stereocenters. The number of benzene rings is 1. The molecule has 0 bridgehead atoms. The van der Waals surface area contributed by atoms with Crippen molar-refractivity contribution in [1.82, 2.24) is 9.97 Å². The number of nitrogen functional groups attached to an aromatic ring is 1. The third kappa shape index (κ3) is 3.18. The standard InChI is InChI=1S/C14H15ClN4O/c15-11-3-1-2-9(6-11)8-20-13-7-12(19-16)17-14(18-13)10-4-5-10/h1-3,6-7,10H,4-5,8,16H2,(H,17,18,19). The molecule has 0 amide bonds. The molecule has 1 aliphatic rings. The Morgan fingerprint density at radius 3 is 2.85 bits per heavy atom. The number of aromatic nitrogens is 2. The Labute approximate surface area is 122 Å². The highest BCUT2D eigenvalue weighted by Gasteiger charge is 2.27. The van der Waals surface area contributed by atoms with Crippen molar-refractivity contribution in [2.45, 2.75) is 25.4 Å². The van der Waals surface area contributed by atoms with Crippen LogP contribution in [0.1, 0.15) is 30.1 Å². The summed E-state index contributed by atoms with van der Waals surface area (Å²) >= 11 is 5.94. The third-order valence-corrected chi connectivity index (χ3v) is 3.32. The highest BCUT2D eigenvalue weighted by Crippen LogP contribution is 2.39. The Balaban J connectivity index is 1.74. The molecule has 0 atom stereocenters. The summed E-state index contributed by atoms with van der Waals surface area (Å²) in [7, 11) is 0. The monoisotopic (exact) mass is 290 g/mol. The van der Waals surface area contributed by atoms with Gasteiger partial charge in [0.25, 0.3) is 0 Å². The van der Waals surface area contributed by atoms with Crippen molar-refractivity contribution in [3.05, 3.63) is 46.7 Å². The number of halogens is 1. The molecule has 104 valence electrons. The van der Waals surface area contributed by atoms with Crippen LogP contribution in [0.5, 0.6) is 5.88 Å². The van der Waals surface area contributed by atoms with E-state index in [0.717, 1.165) is 24.2 Å². The summed E-state index contributed by atoms with van der Waals surface area (Å²) in [5, 5.41) is 0.691. The van der Waals surface area contributed by atoms with E-state index in [2.05, 4.69) is 15.4 Å². The maximum atomic E-state index is 5.94. The van der Waals surface area contributed by atoms with E-state index < -0.39 is 0 Å². The smallest absolute Gasteiger partial charge is 0.219 e. The molecule has 1 aromatic carbocycles. The number of nitrogens with two attached hydrogens (primary N) is 1. The lowest BCUT2D eigenvalue weighted by Gasteiger charge is -2.09. The van der Waals surface area contributed by atoms with Crippen LogP contribution in [-0.4, -0.2) is 9.97 Å². The first kappa shape index (κ1) is 13.1. The van der Waals surface area contributed by atoms with Crippen molar-refractivity contribution < 1.29 is 4.74 Å². The zero-order valence-electron chi connectivity index (χ0n) is 10.8. The van der Waals surface area contributed by atoms with Crippen molar-refractivity contribution >= 4 is 17.4 Å². The normalized spacial score (nSPS) is 14.1. The lowest BCUT2D eigenvalue weighted by molar-refractivity contribution is 0.292. The molecule has 1 aliphatic carbocycles. The fraction of sp³-hybridized carbons (Fsp3) is 0.286. The molecule has 0 aliphatic heterocycles. The third-order valence-electron chi connectivity index (χ3n) is 3.09. The number of hydrogen-bond acceptors (Lipinski definition) is 5. The van der Waals surface area contributed by atoms with Gasteiger partial charge >= 0.3 is 0 Å². The molecule has 1 fully saturated rings. The summed E-state index contributed by atoms with van der Waals surface area (Å²) in [6, 6.07) is 9.24. The van der Waals surface area contributed by atoms with E-state index in [4.69, 9.17) is 22.2 Å². The molecule has 6 heteroatoms. The van der Waals surface area contributed by atoms with Gasteiger partial charge in [0.05, 0.1) is 0 Å². The second-order valence-corrected chi connectivity index (χ2v) is 5.22. The Morgan fingerprint density at radius 2 is 2.15 bits per heavy atom. The average Bonchev–Trinajstić information content (AvgIpc) is 3.29. The molecule has 1 aromatic heterocycles. The van der Waals surface area contributed by atoms with Crippen LogP contribution in [0.3, 0.4) is 0 Å². The molecular formula is C14H15ClN4O. The number of nitrogens with zero attached hydrogens (tertiary/aromatic N) is 2. The number of rotatable bonds is 5. The first-order valence-electron chi connectivity index (χ1n) is 6.47. The molecule has 0 spiro atoms. The number of hydrogen-bond donors (Lipinski definition) is 2. The van der Waals surface area contributed by atoms with E-state index in [1.165, 1.54) is 0 Å². The average molecular weight is 291 g/mol. The quantitative estimate of drug-likeness (QED) is 0.654. The molecular weight excluding hydrogens is 276 g/mol. The van der Waals surface area contributed by atoms with Crippen molar-refractivity contribution in [2.24, 2.45) is 5.84 Å². The van der Waals surface area contributed by atoms with Gasteiger partial charge in [-0.05, 0) is 30.5 Å². The van der Waals surface area contributed by atoms with E-state index >= 15 is 0 Å². The molecule has 1 heterocycles. The fourth-order valence-electron chi connectivity index (χ4n) is 1.90. The van der Waals surface area contributed by atoms with Crippen LogP contribution >= 0.6 is 11.6 Å². The maximum absolute atomic E-state index is 5.94. The minimum absolute atomic E-state index is 0.408. The topological polar surface area (TPSA) is 73.1 Å². The molecule has 3 N–H and O–H groups in total. The van der Waals surface area contributed by atoms with Crippen LogP contribution in [0.25, 0.3) is 0 Å². The van der Waals surface area contributed by atoms with Gasteiger partial charge in [-0.25, -0.2) is 10.8 Å².